The zero-order valence-electron chi connectivity index (χ0n) is 10.9. The van der Waals surface area contributed by atoms with Gasteiger partial charge in [-0.25, -0.2) is 0 Å². The predicted octanol–water partition coefficient (Wildman–Crippen LogP) is 2.16. The standard InChI is InChI=1S/C14H19ClN2O/c1-16-7-8-17(2)11(10-16)9-14(18)12-5-3-4-6-13(12)15/h3-6,11H,7-10H2,1-2H3. The summed E-state index contributed by atoms with van der Waals surface area (Å²) < 4.78 is 0. The molecule has 1 aromatic carbocycles. The summed E-state index contributed by atoms with van der Waals surface area (Å²) >= 11 is 6.06. The van der Waals surface area contributed by atoms with Crippen LogP contribution in [0.2, 0.25) is 5.02 Å². The van der Waals surface area contributed by atoms with E-state index in [0.29, 0.717) is 17.0 Å². The molecule has 0 aliphatic carbocycles. The van der Waals surface area contributed by atoms with Gasteiger partial charge in [0, 0.05) is 37.7 Å². The second kappa shape index (κ2) is 5.83. The number of Topliss-reactive ketones (excluding diaryl/α,β-unsaturated/α-hetero) is 1. The second-order valence-corrected chi connectivity index (χ2v) is 5.41. The normalized spacial score (nSPS) is 22.1. The predicted molar refractivity (Wildman–Crippen MR) is 74.3 cm³/mol. The number of piperazine rings is 1. The van der Waals surface area contributed by atoms with Crippen molar-refractivity contribution in [3.8, 4) is 0 Å². The molecule has 0 N–H and O–H groups in total. The molecular formula is C14H19ClN2O. The Morgan fingerprint density at radius 2 is 2.06 bits per heavy atom. The van der Waals surface area contributed by atoms with Crippen molar-refractivity contribution < 1.29 is 4.79 Å². The smallest absolute Gasteiger partial charge is 0.165 e. The van der Waals surface area contributed by atoms with Crippen molar-refractivity contribution in [2.75, 3.05) is 33.7 Å². The molecule has 2 rings (SSSR count). The topological polar surface area (TPSA) is 23.6 Å². The van der Waals surface area contributed by atoms with E-state index in [1.807, 2.05) is 12.1 Å². The van der Waals surface area contributed by atoms with Gasteiger partial charge in [0.15, 0.2) is 5.78 Å². The zero-order valence-corrected chi connectivity index (χ0v) is 11.7. The van der Waals surface area contributed by atoms with E-state index in [9.17, 15) is 4.79 Å². The SMILES string of the molecule is CN1CCN(C)C(CC(=O)c2ccccc2Cl)C1. The number of rotatable bonds is 3. The molecule has 0 radical (unpaired) electrons. The number of halogens is 1. The number of likely N-dealkylation sites (N-methyl/N-ethyl adjacent to an activating group) is 2. The van der Waals surface area contributed by atoms with Gasteiger partial charge >= 0.3 is 0 Å². The number of nitrogens with zero attached hydrogens (tertiary/aromatic N) is 2. The Kier molecular flexibility index (Phi) is 4.38. The molecule has 0 aromatic heterocycles. The van der Waals surface area contributed by atoms with Gasteiger partial charge in [0.2, 0.25) is 0 Å². The first-order chi connectivity index (χ1) is 8.58. The number of carbonyl (C=O) groups is 1. The van der Waals surface area contributed by atoms with E-state index in [1.165, 1.54) is 0 Å². The molecule has 1 unspecified atom stereocenters. The van der Waals surface area contributed by atoms with Crippen molar-refractivity contribution >= 4 is 17.4 Å². The summed E-state index contributed by atoms with van der Waals surface area (Å²) in [5.74, 6) is 0.132. The highest BCUT2D eigenvalue weighted by Crippen LogP contribution is 2.19. The lowest BCUT2D eigenvalue weighted by Crippen LogP contribution is -2.50. The molecule has 1 fully saturated rings. The first-order valence-electron chi connectivity index (χ1n) is 6.24. The largest absolute Gasteiger partial charge is 0.304 e. The monoisotopic (exact) mass is 266 g/mol. The molecule has 1 heterocycles. The molecule has 1 aliphatic heterocycles. The highest BCUT2D eigenvalue weighted by molar-refractivity contribution is 6.33. The Bertz CT molecular complexity index is 436. The Labute approximate surface area is 113 Å². The van der Waals surface area contributed by atoms with Crippen LogP contribution in [0.3, 0.4) is 0 Å². The van der Waals surface area contributed by atoms with Crippen LogP contribution in [-0.4, -0.2) is 55.4 Å². The fourth-order valence-electron chi connectivity index (χ4n) is 2.33. The van der Waals surface area contributed by atoms with Crippen LogP contribution in [0.1, 0.15) is 16.8 Å². The molecule has 4 heteroatoms. The highest BCUT2D eigenvalue weighted by atomic mass is 35.5. The molecule has 0 amide bonds. The van der Waals surface area contributed by atoms with Crippen LogP contribution in [0.4, 0.5) is 0 Å². The molecule has 18 heavy (non-hydrogen) atoms. The molecule has 0 spiro atoms. The maximum Gasteiger partial charge on any atom is 0.165 e. The number of carbonyl (C=O) groups excluding carboxylic acids is 1. The molecule has 1 aromatic rings. The van der Waals surface area contributed by atoms with Gasteiger partial charge in [-0.2, -0.15) is 0 Å². The fourth-order valence-corrected chi connectivity index (χ4v) is 2.57. The third kappa shape index (κ3) is 3.10. The number of hydrogen-bond donors (Lipinski definition) is 0. The van der Waals surface area contributed by atoms with E-state index in [1.54, 1.807) is 12.1 Å². The summed E-state index contributed by atoms with van der Waals surface area (Å²) in [5, 5.41) is 0.550. The van der Waals surface area contributed by atoms with E-state index in [4.69, 9.17) is 11.6 Å². The molecule has 3 nitrogen and oxygen atoms in total. The summed E-state index contributed by atoms with van der Waals surface area (Å²) in [6.07, 6.45) is 0.532. The van der Waals surface area contributed by atoms with Crippen molar-refractivity contribution in [1.29, 1.82) is 0 Å². The van der Waals surface area contributed by atoms with Crippen molar-refractivity contribution in [3.63, 3.8) is 0 Å². The quantitative estimate of drug-likeness (QED) is 0.784. The van der Waals surface area contributed by atoms with Gasteiger partial charge in [-0.3, -0.25) is 4.79 Å². The number of benzene rings is 1. The lowest BCUT2D eigenvalue weighted by Gasteiger charge is -2.37. The van der Waals surface area contributed by atoms with Crippen LogP contribution in [-0.2, 0) is 0 Å². The molecule has 1 atom stereocenters. The van der Waals surface area contributed by atoms with Gasteiger partial charge < -0.3 is 9.80 Å². The van der Waals surface area contributed by atoms with Crippen LogP contribution in [0.25, 0.3) is 0 Å². The highest BCUT2D eigenvalue weighted by Gasteiger charge is 2.25. The summed E-state index contributed by atoms with van der Waals surface area (Å²) in [6, 6.07) is 7.56. The van der Waals surface area contributed by atoms with Crippen LogP contribution in [0.5, 0.6) is 0 Å². The van der Waals surface area contributed by atoms with Gasteiger partial charge in [0.1, 0.15) is 0 Å². The third-order valence-corrected chi connectivity index (χ3v) is 3.91. The Morgan fingerprint density at radius 3 is 2.78 bits per heavy atom. The first-order valence-corrected chi connectivity index (χ1v) is 6.62. The number of hydrogen-bond acceptors (Lipinski definition) is 3. The van der Waals surface area contributed by atoms with E-state index in [-0.39, 0.29) is 11.8 Å². The van der Waals surface area contributed by atoms with Gasteiger partial charge in [0.25, 0.3) is 0 Å². The average Bonchev–Trinajstić information content (AvgIpc) is 2.34. The molecule has 0 bridgehead atoms. The Morgan fingerprint density at radius 1 is 1.33 bits per heavy atom. The van der Waals surface area contributed by atoms with Gasteiger partial charge in [-0.05, 0) is 26.2 Å². The summed E-state index contributed by atoms with van der Waals surface area (Å²) in [5.41, 5.74) is 0.640. The van der Waals surface area contributed by atoms with Crippen molar-refractivity contribution in [2.45, 2.75) is 12.5 Å². The molecule has 0 saturated carbocycles. The maximum atomic E-state index is 12.3. The molecule has 1 aliphatic rings. The van der Waals surface area contributed by atoms with E-state index >= 15 is 0 Å². The minimum absolute atomic E-state index is 0.132. The minimum atomic E-state index is 0.132. The van der Waals surface area contributed by atoms with Crippen LogP contribution >= 0.6 is 11.6 Å². The molecular weight excluding hydrogens is 248 g/mol. The summed E-state index contributed by atoms with van der Waals surface area (Å²) in [6.45, 7) is 3.01. The lowest BCUT2D eigenvalue weighted by atomic mass is 10.0. The Balaban J connectivity index is 2.05. The minimum Gasteiger partial charge on any atom is -0.304 e. The third-order valence-electron chi connectivity index (χ3n) is 3.58. The Hall–Kier alpha value is -0.900. The molecule has 98 valence electrons. The lowest BCUT2D eigenvalue weighted by molar-refractivity contribution is 0.0810. The van der Waals surface area contributed by atoms with Gasteiger partial charge in [-0.15, -0.1) is 0 Å². The molecule has 1 saturated heterocycles. The van der Waals surface area contributed by atoms with Crippen LogP contribution in [0, 0.1) is 0 Å². The second-order valence-electron chi connectivity index (χ2n) is 5.00. The summed E-state index contributed by atoms with van der Waals surface area (Å²) in [7, 11) is 4.18. The van der Waals surface area contributed by atoms with E-state index in [2.05, 4.69) is 23.9 Å². The van der Waals surface area contributed by atoms with E-state index < -0.39 is 0 Å². The zero-order chi connectivity index (χ0) is 13.1. The average molecular weight is 267 g/mol. The van der Waals surface area contributed by atoms with E-state index in [0.717, 1.165) is 19.6 Å². The van der Waals surface area contributed by atoms with Crippen LogP contribution in [0.15, 0.2) is 24.3 Å². The first kappa shape index (κ1) is 13.5. The van der Waals surface area contributed by atoms with Crippen LogP contribution < -0.4 is 0 Å². The summed E-state index contributed by atoms with van der Waals surface area (Å²) in [4.78, 5) is 16.8. The maximum absolute atomic E-state index is 12.3. The van der Waals surface area contributed by atoms with Gasteiger partial charge in [0.05, 0.1) is 5.02 Å². The van der Waals surface area contributed by atoms with Gasteiger partial charge in [-0.1, -0.05) is 23.7 Å². The van der Waals surface area contributed by atoms with Crippen molar-refractivity contribution in [1.82, 2.24) is 9.80 Å². The van der Waals surface area contributed by atoms with Crippen molar-refractivity contribution in [3.05, 3.63) is 34.9 Å². The fraction of sp³-hybridized carbons (Fsp3) is 0.500. The number of ketones is 1. The van der Waals surface area contributed by atoms with Crippen molar-refractivity contribution in [2.24, 2.45) is 0 Å².